The van der Waals surface area contributed by atoms with Crippen LogP contribution in [0.3, 0.4) is 0 Å². The fourth-order valence-electron chi connectivity index (χ4n) is 1.54. The van der Waals surface area contributed by atoms with Gasteiger partial charge in [0.15, 0.2) is 0 Å². The van der Waals surface area contributed by atoms with E-state index in [0.29, 0.717) is 11.4 Å². The van der Waals surface area contributed by atoms with Crippen LogP contribution in [-0.2, 0) is 9.53 Å². The molecule has 0 fully saturated rings. The zero-order valence-corrected chi connectivity index (χ0v) is 12.1. The van der Waals surface area contributed by atoms with E-state index in [4.69, 9.17) is 15.6 Å². The summed E-state index contributed by atoms with van der Waals surface area (Å²) < 4.78 is 5.25. The zero-order valence-electron chi connectivity index (χ0n) is 12.1. The lowest BCUT2D eigenvalue weighted by atomic mass is 10.2. The fourth-order valence-corrected chi connectivity index (χ4v) is 1.54. The van der Waals surface area contributed by atoms with E-state index in [1.807, 2.05) is 0 Å². The predicted molar refractivity (Wildman–Crippen MR) is 76.7 cm³/mol. The summed E-state index contributed by atoms with van der Waals surface area (Å²) >= 11 is 0. The lowest BCUT2D eigenvalue weighted by Gasteiger charge is -2.29. The molecule has 1 aromatic carbocycles. The van der Waals surface area contributed by atoms with Gasteiger partial charge in [-0.05, 0) is 52.0 Å². The van der Waals surface area contributed by atoms with Gasteiger partial charge in [0, 0.05) is 11.4 Å². The number of carbonyl (C=O) groups is 2. The summed E-state index contributed by atoms with van der Waals surface area (Å²) in [5.74, 6) is -1.12. The van der Waals surface area contributed by atoms with Gasteiger partial charge >= 0.3 is 12.1 Å². The third-order valence-electron chi connectivity index (χ3n) is 2.51. The van der Waals surface area contributed by atoms with Crippen LogP contribution < -0.4 is 10.6 Å². The third kappa shape index (κ3) is 4.15. The Morgan fingerprint density at radius 2 is 1.75 bits per heavy atom. The Kier molecular flexibility index (Phi) is 4.60. The minimum absolute atomic E-state index is 0.420. The third-order valence-corrected chi connectivity index (χ3v) is 2.51. The molecule has 1 atom stereocenters. The van der Waals surface area contributed by atoms with Gasteiger partial charge in [-0.3, -0.25) is 4.90 Å². The molecule has 6 heteroatoms. The number of anilines is 2. The maximum Gasteiger partial charge on any atom is 0.415 e. The number of carbonyl (C=O) groups excluding carboxylic acids is 1. The first-order chi connectivity index (χ1) is 9.11. The van der Waals surface area contributed by atoms with Crippen molar-refractivity contribution in [2.45, 2.75) is 39.3 Å². The van der Waals surface area contributed by atoms with Crippen LogP contribution in [0.25, 0.3) is 0 Å². The van der Waals surface area contributed by atoms with Crippen molar-refractivity contribution < 1.29 is 19.4 Å². The van der Waals surface area contributed by atoms with Crippen LogP contribution in [0.15, 0.2) is 24.3 Å². The second kappa shape index (κ2) is 5.81. The smallest absolute Gasteiger partial charge is 0.415 e. The quantitative estimate of drug-likeness (QED) is 0.830. The van der Waals surface area contributed by atoms with E-state index < -0.39 is 23.7 Å². The molecule has 0 aliphatic rings. The van der Waals surface area contributed by atoms with Crippen LogP contribution >= 0.6 is 0 Å². The Labute approximate surface area is 118 Å². The van der Waals surface area contributed by atoms with Crippen LogP contribution in [0.5, 0.6) is 0 Å². The first kappa shape index (κ1) is 15.8. The number of ether oxygens (including phenoxy) is 1. The molecule has 1 rings (SSSR count). The van der Waals surface area contributed by atoms with Crippen molar-refractivity contribution in [2.75, 3.05) is 10.6 Å². The van der Waals surface area contributed by atoms with Crippen molar-refractivity contribution >= 4 is 23.4 Å². The van der Waals surface area contributed by atoms with Crippen molar-refractivity contribution in [1.82, 2.24) is 0 Å². The first-order valence-electron chi connectivity index (χ1n) is 6.22. The topological polar surface area (TPSA) is 92.9 Å². The average Bonchev–Trinajstić information content (AvgIpc) is 2.29. The summed E-state index contributed by atoms with van der Waals surface area (Å²) in [6.45, 7) is 6.58. The second-order valence-corrected chi connectivity index (χ2v) is 5.46. The van der Waals surface area contributed by atoms with Crippen molar-refractivity contribution in [3.05, 3.63) is 24.3 Å². The summed E-state index contributed by atoms with van der Waals surface area (Å²) in [6.07, 6.45) is -0.711. The molecule has 20 heavy (non-hydrogen) atoms. The van der Waals surface area contributed by atoms with E-state index in [-0.39, 0.29) is 0 Å². The maximum absolute atomic E-state index is 12.2. The Hall–Kier alpha value is -2.24. The molecular weight excluding hydrogens is 260 g/mol. The minimum atomic E-state index is -1.12. The second-order valence-electron chi connectivity index (χ2n) is 5.46. The molecule has 1 aromatic rings. The molecule has 0 aliphatic heterocycles. The van der Waals surface area contributed by atoms with Gasteiger partial charge in [0.1, 0.15) is 11.6 Å². The summed E-state index contributed by atoms with van der Waals surface area (Å²) in [5.41, 5.74) is 5.83. The van der Waals surface area contributed by atoms with Gasteiger partial charge in [0.05, 0.1) is 0 Å². The number of hydrogen-bond donors (Lipinski definition) is 2. The van der Waals surface area contributed by atoms with Gasteiger partial charge in [-0.1, -0.05) is 0 Å². The van der Waals surface area contributed by atoms with E-state index in [1.54, 1.807) is 45.0 Å². The van der Waals surface area contributed by atoms with E-state index >= 15 is 0 Å². The van der Waals surface area contributed by atoms with Crippen LogP contribution in [0, 0.1) is 0 Å². The minimum Gasteiger partial charge on any atom is -0.480 e. The molecule has 0 bridgehead atoms. The van der Waals surface area contributed by atoms with Gasteiger partial charge in [-0.15, -0.1) is 0 Å². The Bertz CT molecular complexity index is 491. The maximum atomic E-state index is 12.2. The van der Waals surface area contributed by atoms with Gasteiger partial charge in [-0.2, -0.15) is 0 Å². The average molecular weight is 280 g/mol. The molecule has 0 unspecified atom stereocenters. The highest BCUT2D eigenvalue weighted by atomic mass is 16.6. The number of nitrogens with two attached hydrogens (primary N) is 1. The SMILES string of the molecule is C[C@H](C(=O)O)N(C(=O)OC(C)(C)C)c1ccc(N)cc1. The number of nitrogen functional groups attached to an aromatic ring is 1. The Morgan fingerprint density at radius 3 is 2.15 bits per heavy atom. The monoisotopic (exact) mass is 280 g/mol. The van der Waals surface area contributed by atoms with Crippen LogP contribution in [-0.4, -0.2) is 28.8 Å². The highest BCUT2D eigenvalue weighted by molar-refractivity contribution is 5.95. The molecule has 0 aliphatic carbocycles. The van der Waals surface area contributed by atoms with Crippen molar-refractivity contribution in [3.63, 3.8) is 0 Å². The number of hydrogen-bond acceptors (Lipinski definition) is 4. The number of aliphatic carboxylic acids is 1. The summed E-state index contributed by atoms with van der Waals surface area (Å²) in [6, 6.07) is 5.31. The number of amides is 1. The number of rotatable bonds is 3. The molecule has 0 heterocycles. The van der Waals surface area contributed by atoms with E-state index in [1.165, 1.54) is 6.92 Å². The number of carboxylic acid groups (broad SMARTS) is 1. The van der Waals surface area contributed by atoms with E-state index in [0.717, 1.165) is 4.90 Å². The van der Waals surface area contributed by atoms with E-state index in [2.05, 4.69) is 0 Å². The molecule has 6 nitrogen and oxygen atoms in total. The van der Waals surface area contributed by atoms with Crippen LogP contribution in [0.1, 0.15) is 27.7 Å². The molecule has 0 aromatic heterocycles. The van der Waals surface area contributed by atoms with Crippen LogP contribution in [0.2, 0.25) is 0 Å². The molecule has 1 amide bonds. The van der Waals surface area contributed by atoms with Crippen molar-refractivity contribution in [3.8, 4) is 0 Å². The Morgan fingerprint density at radius 1 is 1.25 bits per heavy atom. The molecule has 0 radical (unpaired) electrons. The standard InChI is InChI=1S/C14H20N2O4/c1-9(12(17)18)16(13(19)20-14(2,3)4)11-7-5-10(15)6-8-11/h5-9H,15H2,1-4H3,(H,17,18)/t9-/m1/s1. The highest BCUT2D eigenvalue weighted by Gasteiger charge is 2.31. The predicted octanol–water partition coefficient (Wildman–Crippen LogP) is 2.48. The number of nitrogens with zero attached hydrogens (tertiary/aromatic N) is 1. The van der Waals surface area contributed by atoms with Crippen molar-refractivity contribution in [2.24, 2.45) is 0 Å². The van der Waals surface area contributed by atoms with Crippen LogP contribution in [0.4, 0.5) is 16.2 Å². The van der Waals surface area contributed by atoms with Gasteiger partial charge in [0.25, 0.3) is 0 Å². The summed E-state index contributed by atoms with van der Waals surface area (Å²) in [5, 5.41) is 9.14. The highest BCUT2D eigenvalue weighted by Crippen LogP contribution is 2.22. The van der Waals surface area contributed by atoms with E-state index in [9.17, 15) is 9.59 Å². The summed E-state index contributed by atoms with van der Waals surface area (Å²) in [4.78, 5) is 24.5. The molecule has 0 saturated heterocycles. The Balaban J connectivity index is 3.12. The first-order valence-corrected chi connectivity index (χ1v) is 6.22. The molecule has 110 valence electrons. The largest absolute Gasteiger partial charge is 0.480 e. The van der Waals surface area contributed by atoms with Crippen molar-refractivity contribution in [1.29, 1.82) is 0 Å². The molecule has 0 spiro atoms. The normalized spacial score (nSPS) is 12.6. The van der Waals surface area contributed by atoms with Gasteiger partial charge < -0.3 is 15.6 Å². The molecule has 3 N–H and O–H groups in total. The number of carboxylic acids is 1. The van der Waals surface area contributed by atoms with Gasteiger partial charge in [-0.25, -0.2) is 9.59 Å². The number of benzene rings is 1. The lowest BCUT2D eigenvalue weighted by molar-refractivity contribution is -0.138. The zero-order chi connectivity index (χ0) is 15.5. The van der Waals surface area contributed by atoms with Gasteiger partial charge in [0.2, 0.25) is 0 Å². The molecule has 0 saturated carbocycles. The fraction of sp³-hybridized carbons (Fsp3) is 0.429. The molecular formula is C14H20N2O4. The lowest BCUT2D eigenvalue weighted by Crippen LogP contribution is -2.46. The summed E-state index contributed by atoms with van der Waals surface area (Å²) in [7, 11) is 0.